The minimum absolute atomic E-state index is 0.0328. The second-order valence-corrected chi connectivity index (χ2v) is 5.88. The van der Waals surface area contributed by atoms with Gasteiger partial charge in [-0.2, -0.15) is 0 Å². The maximum absolute atomic E-state index is 12.0. The zero-order chi connectivity index (χ0) is 14.5. The summed E-state index contributed by atoms with van der Waals surface area (Å²) in [6, 6.07) is 8.29. The molecule has 1 aromatic rings. The number of nitrogens with zero attached hydrogens (tertiary/aromatic N) is 1. The van der Waals surface area contributed by atoms with Crippen molar-refractivity contribution >= 4 is 11.6 Å². The molecule has 0 radical (unpaired) electrons. The molecule has 0 saturated carbocycles. The second-order valence-electron chi connectivity index (χ2n) is 5.88. The Bertz CT molecular complexity index is 461. The van der Waals surface area contributed by atoms with Crippen LogP contribution in [0.4, 0.5) is 5.69 Å². The van der Waals surface area contributed by atoms with Gasteiger partial charge in [-0.05, 0) is 44.5 Å². The number of aryl methyl sites for hydroxylation is 1. The van der Waals surface area contributed by atoms with Crippen LogP contribution in [0.5, 0.6) is 0 Å². The standard InChI is InChI=1S/C16H25N3O/c1-12-6-4-5-7-15(12)18-16(20)10-17-14-8-9-19(3)11-13(14)2/h4-7,13-14,17H,8-11H2,1-3H3,(H,18,20). The maximum atomic E-state index is 12.0. The van der Waals surface area contributed by atoms with Crippen LogP contribution in [0.3, 0.4) is 0 Å². The molecule has 0 aromatic heterocycles. The van der Waals surface area contributed by atoms with Gasteiger partial charge in [-0.3, -0.25) is 4.79 Å². The lowest BCUT2D eigenvalue weighted by molar-refractivity contribution is -0.115. The number of piperidine rings is 1. The molecule has 2 N–H and O–H groups in total. The van der Waals surface area contributed by atoms with Crippen molar-refractivity contribution in [3.05, 3.63) is 29.8 Å². The maximum Gasteiger partial charge on any atom is 0.238 e. The van der Waals surface area contributed by atoms with Gasteiger partial charge in [0.15, 0.2) is 0 Å². The molecule has 4 heteroatoms. The molecule has 1 aliphatic heterocycles. The van der Waals surface area contributed by atoms with E-state index >= 15 is 0 Å². The van der Waals surface area contributed by atoms with Crippen LogP contribution in [0.2, 0.25) is 0 Å². The SMILES string of the molecule is Cc1ccccc1NC(=O)CNC1CCN(C)CC1C. The number of amides is 1. The molecule has 1 amide bonds. The Balaban J connectivity index is 1.79. The van der Waals surface area contributed by atoms with E-state index in [1.54, 1.807) is 0 Å². The summed E-state index contributed by atoms with van der Waals surface area (Å²) in [5.41, 5.74) is 1.99. The third-order valence-corrected chi connectivity index (χ3v) is 4.05. The number of carbonyl (C=O) groups is 1. The van der Waals surface area contributed by atoms with Crippen molar-refractivity contribution in [3.8, 4) is 0 Å². The van der Waals surface area contributed by atoms with Crippen molar-refractivity contribution in [2.45, 2.75) is 26.3 Å². The van der Waals surface area contributed by atoms with E-state index < -0.39 is 0 Å². The van der Waals surface area contributed by atoms with Crippen LogP contribution >= 0.6 is 0 Å². The number of rotatable bonds is 4. The number of nitrogens with one attached hydrogen (secondary N) is 2. The smallest absolute Gasteiger partial charge is 0.238 e. The highest BCUT2D eigenvalue weighted by atomic mass is 16.1. The molecule has 1 aliphatic rings. The zero-order valence-electron chi connectivity index (χ0n) is 12.6. The fourth-order valence-electron chi connectivity index (χ4n) is 2.79. The summed E-state index contributed by atoms with van der Waals surface area (Å²) in [6.07, 6.45) is 1.11. The van der Waals surface area contributed by atoms with E-state index in [1.165, 1.54) is 0 Å². The van der Waals surface area contributed by atoms with Crippen molar-refractivity contribution < 1.29 is 4.79 Å². The average Bonchev–Trinajstić information content (AvgIpc) is 2.40. The highest BCUT2D eigenvalue weighted by Crippen LogP contribution is 2.15. The molecule has 20 heavy (non-hydrogen) atoms. The molecular formula is C16H25N3O. The largest absolute Gasteiger partial charge is 0.325 e. The van der Waals surface area contributed by atoms with Crippen molar-refractivity contribution in [1.82, 2.24) is 10.2 Å². The Morgan fingerprint density at radius 2 is 2.15 bits per heavy atom. The lowest BCUT2D eigenvalue weighted by atomic mass is 9.94. The van der Waals surface area contributed by atoms with Gasteiger partial charge < -0.3 is 15.5 Å². The van der Waals surface area contributed by atoms with Gasteiger partial charge in [0.05, 0.1) is 6.54 Å². The van der Waals surface area contributed by atoms with Crippen LogP contribution in [0.15, 0.2) is 24.3 Å². The summed E-state index contributed by atoms with van der Waals surface area (Å²) in [5, 5.41) is 6.35. The van der Waals surface area contributed by atoms with Crippen molar-refractivity contribution in [2.75, 3.05) is 32.0 Å². The summed E-state index contributed by atoms with van der Waals surface area (Å²) in [6.45, 7) is 6.82. The molecular weight excluding hydrogens is 250 g/mol. The highest BCUT2D eigenvalue weighted by Gasteiger charge is 2.24. The number of benzene rings is 1. The first-order valence-electron chi connectivity index (χ1n) is 7.33. The summed E-state index contributed by atoms with van der Waals surface area (Å²) in [4.78, 5) is 14.3. The van der Waals surface area contributed by atoms with Crippen LogP contribution in [-0.2, 0) is 4.79 Å². The zero-order valence-corrected chi connectivity index (χ0v) is 12.6. The van der Waals surface area contributed by atoms with E-state index in [0.717, 1.165) is 30.8 Å². The Labute approximate surface area is 121 Å². The lowest BCUT2D eigenvalue weighted by Gasteiger charge is -2.35. The normalized spacial score (nSPS) is 23.6. The second kappa shape index (κ2) is 6.86. The van der Waals surface area contributed by atoms with Crippen LogP contribution < -0.4 is 10.6 Å². The number of carbonyl (C=O) groups excluding carboxylic acids is 1. The Hall–Kier alpha value is -1.39. The van der Waals surface area contributed by atoms with Gasteiger partial charge in [0.25, 0.3) is 0 Å². The average molecular weight is 275 g/mol. The van der Waals surface area contributed by atoms with E-state index in [-0.39, 0.29) is 5.91 Å². The van der Waals surface area contributed by atoms with Gasteiger partial charge in [0.1, 0.15) is 0 Å². The minimum Gasteiger partial charge on any atom is -0.325 e. The summed E-state index contributed by atoms with van der Waals surface area (Å²) >= 11 is 0. The van der Waals surface area contributed by atoms with Crippen molar-refractivity contribution in [3.63, 3.8) is 0 Å². The van der Waals surface area contributed by atoms with Crippen LogP contribution in [0.1, 0.15) is 18.9 Å². The Morgan fingerprint density at radius 3 is 2.85 bits per heavy atom. The molecule has 4 nitrogen and oxygen atoms in total. The Kier molecular flexibility index (Phi) is 5.15. The van der Waals surface area contributed by atoms with Gasteiger partial charge in [-0.1, -0.05) is 25.1 Å². The van der Waals surface area contributed by atoms with E-state index in [9.17, 15) is 4.79 Å². The third kappa shape index (κ3) is 4.05. The summed E-state index contributed by atoms with van der Waals surface area (Å²) < 4.78 is 0. The molecule has 2 atom stereocenters. The van der Waals surface area contributed by atoms with Crippen LogP contribution in [0, 0.1) is 12.8 Å². The molecule has 1 saturated heterocycles. The molecule has 110 valence electrons. The van der Waals surface area contributed by atoms with Gasteiger partial charge in [-0.25, -0.2) is 0 Å². The highest BCUT2D eigenvalue weighted by molar-refractivity contribution is 5.92. The van der Waals surface area contributed by atoms with E-state index in [4.69, 9.17) is 0 Å². The van der Waals surface area contributed by atoms with Crippen LogP contribution in [0.25, 0.3) is 0 Å². The van der Waals surface area contributed by atoms with Gasteiger partial charge in [0.2, 0.25) is 5.91 Å². The topological polar surface area (TPSA) is 44.4 Å². The minimum atomic E-state index is 0.0328. The monoisotopic (exact) mass is 275 g/mol. The fraction of sp³-hybridized carbons (Fsp3) is 0.562. The van der Waals surface area contributed by atoms with Gasteiger partial charge in [-0.15, -0.1) is 0 Å². The molecule has 0 aliphatic carbocycles. The summed E-state index contributed by atoms with van der Waals surface area (Å²) in [7, 11) is 2.15. The first-order chi connectivity index (χ1) is 9.56. The van der Waals surface area contributed by atoms with Crippen molar-refractivity contribution in [2.24, 2.45) is 5.92 Å². The molecule has 2 rings (SSSR count). The predicted octanol–water partition coefficient (Wildman–Crippen LogP) is 1.86. The van der Waals surface area contributed by atoms with Gasteiger partial charge >= 0.3 is 0 Å². The fourth-order valence-corrected chi connectivity index (χ4v) is 2.79. The lowest BCUT2D eigenvalue weighted by Crippen LogP contribution is -2.48. The third-order valence-electron chi connectivity index (χ3n) is 4.05. The predicted molar refractivity (Wildman–Crippen MR) is 82.9 cm³/mol. The van der Waals surface area contributed by atoms with E-state index in [2.05, 4.69) is 29.5 Å². The number of hydrogen-bond donors (Lipinski definition) is 2. The summed E-state index contributed by atoms with van der Waals surface area (Å²) in [5.74, 6) is 0.616. The molecule has 1 fully saturated rings. The van der Waals surface area contributed by atoms with Crippen LogP contribution in [-0.4, -0.2) is 43.5 Å². The van der Waals surface area contributed by atoms with E-state index in [1.807, 2.05) is 31.2 Å². The van der Waals surface area contributed by atoms with E-state index in [0.29, 0.717) is 18.5 Å². The van der Waals surface area contributed by atoms with Crippen molar-refractivity contribution in [1.29, 1.82) is 0 Å². The number of likely N-dealkylation sites (tertiary alicyclic amines) is 1. The Morgan fingerprint density at radius 1 is 1.40 bits per heavy atom. The quantitative estimate of drug-likeness (QED) is 0.881. The number of para-hydroxylation sites is 1. The first kappa shape index (κ1) is 15.0. The van der Waals surface area contributed by atoms with Gasteiger partial charge in [0, 0.05) is 18.3 Å². The molecule has 1 aromatic carbocycles. The molecule has 2 unspecified atom stereocenters. The molecule has 0 spiro atoms. The first-order valence-corrected chi connectivity index (χ1v) is 7.33. The molecule has 1 heterocycles. The number of hydrogen-bond acceptors (Lipinski definition) is 3. The number of anilines is 1. The molecule has 0 bridgehead atoms.